The summed E-state index contributed by atoms with van der Waals surface area (Å²) in [5.74, 6) is -0.377. The van der Waals surface area contributed by atoms with E-state index in [4.69, 9.17) is 8.92 Å². The van der Waals surface area contributed by atoms with Crippen LogP contribution in [0.15, 0.2) is 54.6 Å². The number of carbonyl (C=O) groups is 1. The molecule has 0 fully saturated rings. The average molecular weight is 292 g/mol. The summed E-state index contributed by atoms with van der Waals surface area (Å²) in [7, 11) is -3.71. The van der Waals surface area contributed by atoms with Gasteiger partial charge in [0.1, 0.15) is 11.3 Å². The fourth-order valence-electron chi connectivity index (χ4n) is 1.52. The van der Waals surface area contributed by atoms with Crippen molar-refractivity contribution >= 4 is 16.1 Å². The summed E-state index contributed by atoms with van der Waals surface area (Å²) in [5, 5.41) is 0. The van der Waals surface area contributed by atoms with Gasteiger partial charge in [0.15, 0.2) is 5.75 Å². The molecule has 0 amide bonds. The molecule has 0 aliphatic carbocycles. The molecule has 20 heavy (non-hydrogen) atoms. The minimum Gasteiger partial charge on any atom is -0.423 e. The van der Waals surface area contributed by atoms with Crippen molar-refractivity contribution in [3.8, 4) is 11.5 Å². The molecule has 0 N–H and O–H groups in total. The van der Waals surface area contributed by atoms with Crippen molar-refractivity contribution < 1.29 is 22.1 Å². The van der Waals surface area contributed by atoms with E-state index in [1.165, 1.54) is 12.1 Å². The lowest BCUT2D eigenvalue weighted by Crippen LogP contribution is -2.13. The van der Waals surface area contributed by atoms with Crippen LogP contribution < -0.4 is 8.92 Å². The van der Waals surface area contributed by atoms with Gasteiger partial charge in [-0.15, -0.1) is 0 Å². The van der Waals surface area contributed by atoms with E-state index in [1.54, 1.807) is 42.5 Å². The van der Waals surface area contributed by atoms with Gasteiger partial charge in [-0.2, -0.15) is 8.42 Å². The van der Waals surface area contributed by atoms with Gasteiger partial charge in [-0.25, -0.2) is 4.79 Å². The number of para-hydroxylation sites is 2. The average Bonchev–Trinajstić information content (AvgIpc) is 2.38. The molecule has 0 spiro atoms. The molecule has 0 aromatic heterocycles. The molecule has 0 aliphatic heterocycles. The highest BCUT2D eigenvalue weighted by molar-refractivity contribution is 7.86. The van der Waals surface area contributed by atoms with Crippen LogP contribution in [0.4, 0.5) is 0 Å². The first kappa shape index (κ1) is 14.1. The minimum atomic E-state index is -3.71. The van der Waals surface area contributed by atoms with Gasteiger partial charge >= 0.3 is 16.1 Å². The molecule has 0 unspecified atom stereocenters. The van der Waals surface area contributed by atoms with E-state index >= 15 is 0 Å². The summed E-state index contributed by atoms with van der Waals surface area (Å²) in [5.41, 5.74) is 0.0433. The highest BCUT2D eigenvalue weighted by atomic mass is 32.2. The topological polar surface area (TPSA) is 69.7 Å². The van der Waals surface area contributed by atoms with Crippen LogP contribution in [-0.2, 0) is 10.1 Å². The Bertz CT molecular complexity index is 707. The molecular weight excluding hydrogens is 280 g/mol. The number of hydrogen-bond donors (Lipinski definition) is 0. The summed E-state index contributed by atoms with van der Waals surface area (Å²) in [6.45, 7) is 0. The Balaban J connectivity index is 2.26. The second-order valence-corrected chi connectivity index (χ2v) is 5.56. The summed E-state index contributed by atoms with van der Waals surface area (Å²) >= 11 is 0. The molecule has 5 nitrogen and oxygen atoms in total. The van der Waals surface area contributed by atoms with Gasteiger partial charge in [-0.1, -0.05) is 30.3 Å². The molecule has 2 aromatic carbocycles. The van der Waals surface area contributed by atoms with Gasteiger partial charge in [0, 0.05) is 0 Å². The Kier molecular flexibility index (Phi) is 4.05. The van der Waals surface area contributed by atoms with Crippen LogP contribution in [0, 0.1) is 0 Å². The van der Waals surface area contributed by atoms with Crippen LogP contribution in [0.5, 0.6) is 11.5 Å². The summed E-state index contributed by atoms with van der Waals surface area (Å²) < 4.78 is 32.2. The number of carbonyl (C=O) groups excluding carboxylic acids is 1. The van der Waals surface area contributed by atoms with Crippen molar-refractivity contribution in [3.05, 3.63) is 60.2 Å². The molecule has 0 saturated carbocycles. The van der Waals surface area contributed by atoms with Crippen LogP contribution >= 0.6 is 0 Å². The molecule has 0 heterocycles. The SMILES string of the molecule is CS(=O)(=O)Oc1ccccc1C(=O)Oc1ccccc1. The number of ether oxygens (including phenoxy) is 1. The van der Waals surface area contributed by atoms with Gasteiger partial charge in [0.2, 0.25) is 0 Å². The monoisotopic (exact) mass is 292 g/mol. The molecular formula is C14H12O5S. The zero-order chi connectivity index (χ0) is 14.6. The van der Waals surface area contributed by atoms with E-state index in [-0.39, 0.29) is 11.3 Å². The zero-order valence-electron chi connectivity index (χ0n) is 10.6. The molecule has 2 rings (SSSR count). The normalized spacial score (nSPS) is 10.8. The summed E-state index contributed by atoms with van der Waals surface area (Å²) in [6.07, 6.45) is 0.909. The largest absolute Gasteiger partial charge is 0.423 e. The lowest BCUT2D eigenvalue weighted by molar-refractivity contribution is 0.0733. The van der Waals surface area contributed by atoms with Gasteiger partial charge in [0.25, 0.3) is 0 Å². The molecule has 104 valence electrons. The second-order valence-electron chi connectivity index (χ2n) is 3.99. The third-order valence-corrected chi connectivity index (χ3v) is 2.78. The van der Waals surface area contributed by atoms with E-state index < -0.39 is 16.1 Å². The van der Waals surface area contributed by atoms with Crippen molar-refractivity contribution in [2.75, 3.05) is 6.26 Å². The number of hydrogen-bond acceptors (Lipinski definition) is 5. The fraction of sp³-hybridized carbons (Fsp3) is 0.0714. The van der Waals surface area contributed by atoms with E-state index in [0.717, 1.165) is 6.26 Å². The predicted octanol–water partition coefficient (Wildman–Crippen LogP) is 2.24. The first-order valence-electron chi connectivity index (χ1n) is 5.71. The van der Waals surface area contributed by atoms with Crippen LogP contribution in [0.3, 0.4) is 0 Å². The van der Waals surface area contributed by atoms with Crippen molar-refractivity contribution in [2.24, 2.45) is 0 Å². The number of esters is 1. The molecule has 0 saturated heterocycles. The summed E-state index contributed by atoms with van der Waals surface area (Å²) in [4.78, 5) is 12.0. The highest BCUT2D eigenvalue weighted by Gasteiger charge is 2.17. The van der Waals surface area contributed by atoms with Crippen LogP contribution in [0.1, 0.15) is 10.4 Å². The fourth-order valence-corrected chi connectivity index (χ4v) is 1.99. The lowest BCUT2D eigenvalue weighted by Gasteiger charge is -2.09. The molecule has 2 aromatic rings. The van der Waals surface area contributed by atoms with E-state index in [0.29, 0.717) is 5.75 Å². The van der Waals surface area contributed by atoms with E-state index in [2.05, 4.69) is 0 Å². The zero-order valence-corrected chi connectivity index (χ0v) is 11.5. The molecule has 0 bridgehead atoms. The molecule has 0 radical (unpaired) electrons. The second kappa shape index (κ2) is 5.75. The minimum absolute atomic E-state index is 0.0433. The standard InChI is InChI=1S/C14H12O5S/c1-20(16,17)19-13-10-6-5-9-12(13)14(15)18-11-7-3-2-4-8-11/h2-10H,1H3. The first-order chi connectivity index (χ1) is 9.46. The van der Waals surface area contributed by atoms with Gasteiger partial charge in [0.05, 0.1) is 6.26 Å². The smallest absolute Gasteiger partial charge is 0.347 e. The van der Waals surface area contributed by atoms with Crippen LogP contribution in [0.25, 0.3) is 0 Å². The maximum Gasteiger partial charge on any atom is 0.347 e. The Morgan fingerprint density at radius 2 is 1.55 bits per heavy atom. The third-order valence-electron chi connectivity index (χ3n) is 2.30. The Morgan fingerprint density at radius 3 is 2.20 bits per heavy atom. The Labute approximate surface area is 116 Å². The van der Waals surface area contributed by atoms with Crippen molar-refractivity contribution in [3.63, 3.8) is 0 Å². The molecule has 0 aliphatic rings. The maximum absolute atomic E-state index is 12.0. The summed E-state index contributed by atoms with van der Waals surface area (Å²) in [6, 6.07) is 14.5. The molecule has 6 heteroatoms. The van der Waals surface area contributed by atoms with E-state index in [9.17, 15) is 13.2 Å². The van der Waals surface area contributed by atoms with Crippen LogP contribution in [-0.4, -0.2) is 20.6 Å². The quantitative estimate of drug-likeness (QED) is 0.491. The Morgan fingerprint density at radius 1 is 0.950 bits per heavy atom. The van der Waals surface area contributed by atoms with E-state index in [1.807, 2.05) is 0 Å². The predicted molar refractivity (Wildman–Crippen MR) is 73.3 cm³/mol. The van der Waals surface area contributed by atoms with Crippen molar-refractivity contribution in [1.82, 2.24) is 0 Å². The maximum atomic E-state index is 12.0. The Hall–Kier alpha value is -2.34. The highest BCUT2D eigenvalue weighted by Crippen LogP contribution is 2.21. The van der Waals surface area contributed by atoms with Crippen LogP contribution in [0.2, 0.25) is 0 Å². The van der Waals surface area contributed by atoms with Crippen molar-refractivity contribution in [1.29, 1.82) is 0 Å². The first-order valence-corrected chi connectivity index (χ1v) is 7.53. The van der Waals surface area contributed by atoms with Gasteiger partial charge < -0.3 is 8.92 Å². The third kappa shape index (κ3) is 3.83. The number of rotatable bonds is 4. The number of benzene rings is 2. The molecule has 0 atom stereocenters. The van der Waals surface area contributed by atoms with Crippen molar-refractivity contribution in [2.45, 2.75) is 0 Å². The van der Waals surface area contributed by atoms with Gasteiger partial charge in [-0.3, -0.25) is 0 Å². The van der Waals surface area contributed by atoms with Gasteiger partial charge in [-0.05, 0) is 24.3 Å². The lowest BCUT2D eigenvalue weighted by atomic mass is 10.2.